The smallest absolute Gasteiger partial charge is 0.349 e. The Morgan fingerprint density at radius 1 is 0.912 bits per heavy atom. The standard InChI is InChI=1S/C46H49ClN8O11S2/c1-51-35-22-32(8-9-33(35)55(45(51)63)34-10-11-36(56)50-42(34)59)53-25-46(26-53)14-18-52(19-15-46)44(62)49-30-6-2-4-27(20-30)24-68(64,65)54-16-12-29(13-17-54)48-31-7-3-5-28(21-31)40-38(47)39(66-23-37(57)58)41(67-40)43(60)61/h2-9,20-22,29,34,48H,10-19,23-26H2,1H3,(H,49,62)(H,57,58)(H,60,61)(H,50,56,59). The summed E-state index contributed by atoms with van der Waals surface area (Å²) in [6, 6.07) is 18.8. The Kier molecular flexibility index (Phi) is 12.8. The van der Waals surface area contributed by atoms with Crippen LogP contribution in [0, 0.1) is 5.41 Å². The van der Waals surface area contributed by atoms with Crippen LogP contribution in [-0.4, -0.2) is 119 Å². The fourth-order valence-electron chi connectivity index (χ4n) is 9.72. The molecule has 68 heavy (non-hydrogen) atoms. The number of hydrogen-bond donors (Lipinski definition) is 5. The number of carboxylic acid groups (broad SMARTS) is 2. The average Bonchev–Trinajstić information content (AvgIpc) is 3.76. The number of imide groups is 1. The summed E-state index contributed by atoms with van der Waals surface area (Å²) in [7, 11) is -2.01. The molecule has 9 rings (SSSR count). The Bertz CT molecular complexity index is 3020. The second-order valence-electron chi connectivity index (χ2n) is 17.9. The van der Waals surface area contributed by atoms with E-state index in [1.54, 1.807) is 54.4 Å². The maximum Gasteiger partial charge on any atom is 0.349 e. The molecule has 4 aliphatic rings. The number of aliphatic carboxylic acids is 1. The van der Waals surface area contributed by atoms with Gasteiger partial charge in [0, 0.05) is 81.3 Å². The number of aryl methyl sites for hydroxylation is 1. The van der Waals surface area contributed by atoms with E-state index in [0.29, 0.717) is 71.7 Å². The number of aromatic nitrogens is 2. The molecule has 4 fully saturated rings. The predicted octanol–water partition coefficient (Wildman–Crippen LogP) is 5.40. The van der Waals surface area contributed by atoms with E-state index in [-0.39, 0.29) is 63.3 Å². The number of carboxylic acids is 2. The number of anilines is 3. The molecule has 4 saturated heterocycles. The van der Waals surface area contributed by atoms with Gasteiger partial charge in [-0.05, 0) is 85.7 Å². The van der Waals surface area contributed by atoms with Crippen molar-refractivity contribution in [3.63, 3.8) is 0 Å². The molecule has 4 aliphatic heterocycles. The minimum Gasteiger partial charge on any atom is -0.479 e. The summed E-state index contributed by atoms with van der Waals surface area (Å²) in [5.74, 6) is -3.80. The van der Waals surface area contributed by atoms with Crippen molar-refractivity contribution in [2.75, 3.05) is 61.4 Å². The molecule has 1 spiro atoms. The number of urea groups is 1. The van der Waals surface area contributed by atoms with Crippen molar-refractivity contribution in [1.82, 2.24) is 23.7 Å². The van der Waals surface area contributed by atoms with E-state index in [2.05, 4.69) is 20.9 Å². The van der Waals surface area contributed by atoms with Crippen LogP contribution < -0.4 is 31.3 Å². The van der Waals surface area contributed by atoms with Crippen molar-refractivity contribution in [2.24, 2.45) is 12.5 Å². The zero-order valence-corrected chi connectivity index (χ0v) is 39.3. The van der Waals surface area contributed by atoms with Gasteiger partial charge in [-0.3, -0.25) is 24.0 Å². The van der Waals surface area contributed by atoms with Crippen LogP contribution in [0.25, 0.3) is 21.5 Å². The number of rotatable bonds is 13. The Labute approximate surface area is 399 Å². The molecule has 2 aromatic heterocycles. The van der Waals surface area contributed by atoms with Gasteiger partial charge in [0.25, 0.3) is 0 Å². The van der Waals surface area contributed by atoms with Gasteiger partial charge >= 0.3 is 23.7 Å². The average molecular weight is 990 g/mol. The van der Waals surface area contributed by atoms with Gasteiger partial charge in [0.2, 0.25) is 21.8 Å². The lowest BCUT2D eigenvalue weighted by atomic mass is 9.72. The highest BCUT2D eigenvalue weighted by Crippen LogP contribution is 2.46. The lowest BCUT2D eigenvalue weighted by molar-refractivity contribution is -0.139. The van der Waals surface area contributed by atoms with Crippen LogP contribution in [-0.2, 0) is 37.2 Å². The van der Waals surface area contributed by atoms with E-state index in [0.717, 1.165) is 48.6 Å². The van der Waals surface area contributed by atoms with Crippen LogP contribution in [0.15, 0.2) is 71.5 Å². The number of thiophene rings is 1. The monoisotopic (exact) mass is 988 g/mol. The second-order valence-corrected chi connectivity index (χ2v) is 21.2. The van der Waals surface area contributed by atoms with Crippen LogP contribution in [0.2, 0.25) is 5.02 Å². The maximum absolute atomic E-state index is 13.6. The fraction of sp³-hybridized carbons (Fsp3) is 0.391. The Balaban J connectivity index is 0.747. The summed E-state index contributed by atoms with van der Waals surface area (Å²) < 4.78 is 37.0. The molecule has 5 aromatic rings. The third-order valence-corrected chi connectivity index (χ3v) is 16.9. The van der Waals surface area contributed by atoms with Gasteiger partial charge in [-0.1, -0.05) is 35.9 Å². The number of hydrogen-bond acceptors (Lipinski definition) is 12. The van der Waals surface area contributed by atoms with Gasteiger partial charge in [-0.15, -0.1) is 11.3 Å². The molecule has 358 valence electrons. The second kappa shape index (κ2) is 18.6. The summed E-state index contributed by atoms with van der Waals surface area (Å²) in [5.41, 5.74) is 4.42. The number of halogens is 1. The molecule has 4 amide bonds. The quantitative estimate of drug-likeness (QED) is 0.0930. The number of benzene rings is 3. The van der Waals surface area contributed by atoms with Crippen molar-refractivity contribution < 1.29 is 47.3 Å². The summed E-state index contributed by atoms with van der Waals surface area (Å²) in [4.78, 5) is 78.2. The number of aromatic carboxylic acids is 1. The van der Waals surface area contributed by atoms with Crippen LogP contribution in [0.1, 0.15) is 59.8 Å². The summed E-state index contributed by atoms with van der Waals surface area (Å²) in [5, 5.41) is 27.5. The number of amides is 4. The molecular weight excluding hydrogens is 940 g/mol. The first-order valence-electron chi connectivity index (χ1n) is 22.2. The van der Waals surface area contributed by atoms with E-state index in [1.165, 1.54) is 13.4 Å². The number of imidazole rings is 1. The minimum absolute atomic E-state index is 0.00329. The van der Waals surface area contributed by atoms with Gasteiger partial charge in [-0.2, -0.15) is 0 Å². The molecule has 5 N–H and O–H groups in total. The number of fused-ring (bicyclic) bond motifs is 1. The highest BCUT2D eigenvalue weighted by molar-refractivity contribution is 7.88. The highest BCUT2D eigenvalue weighted by Gasteiger charge is 2.46. The Morgan fingerprint density at radius 2 is 1.63 bits per heavy atom. The lowest BCUT2D eigenvalue weighted by Gasteiger charge is -2.55. The number of nitrogens with zero attached hydrogens (tertiary/aromatic N) is 5. The maximum atomic E-state index is 13.6. The summed E-state index contributed by atoms with van der Waals surface area (Å²) in [6.07, 6.45) is 3.14. The van der Waals surface area contributed by atoms with E-state index < -0.39 is 40.5 Å². The van der Waals surface area contributed by atoms with Crippen molar-refractivity contribution in [1.29, 1.82) is 0 Å². The van der Waals surface area contributed by atoms with E-state index in [9.17, 15) is 42.3 Å². The third kappa shape index (κ3) is 9.39. The first kappa shape index (κ1) is 46.7. The molecule has 0 radical (unpaired) electrons. The topological polar surface area (TPSA) is 242 Å². The number of nitrogens with one attached hydrogen (secondary N) is 3. The first-order chi connectivity index (χ1) is 32.5. The first-order valence-corrected chi connectivity index (χ1v) is 25.0. The van der Waals surface area contributed by atoms with Crippen LogP contribution in [0.4, 0.5) is 21.9 Å². The number of likely N-dealkylation sites (tertiary alicyclic amines) is 1. The van der Waals surface area contributed by atoms with Gasteiger partial charge in [0.05, 0.1) is 21.7 Å². The molecular formula is C46H49ClN8O11S2. The van der Waals surface area contributed by atoms with Crippen LogP contribution in [0.5, 0.6) is 5.75 Å². The zero-order chi connectivity index (χ0) is 48.1. The summed E-state index contributed by atoms with van der Waals surface area (Å²) in [6.45, 7) is 2.58. The van der Waals surface area contributed by atoms with Crippen molar-refractivity contribution in [3.05, 3.63) is 92.7 Å². The number of ether oxygens (including phenoxy) is 1. The number of carbonyl (C=O) groups is 5. The number of sulfonamides is 1. The third-order valence-electron chi connectivity index (χ3n) is 13.3. The molecule has 1 atom stereocenters. The molecule has 0 bridgehead atoms. The Hall–Kier alpha value is -6.42. The zero-order valence-electron chi connectivity index (χ0n) is 36.9. The molecule has 0 saturated carbocycles. The van der Waals surface area contributed by atoms with Crippen LogP contribution >= 0.6 is 22.9 Å². The fourth-order valence-corrected chi connectivity index (χ4v) is 12.7. The molecule has 6 heterocycles. The lowest BCUT2D eigenvalue weighted by Crippen LogP contribution is -2.61. The van der Waals surface area contributed by atoms with Crippen molar-refractivity contribution in [2.45, 2.75) is 56.4 Å². The molecule has 0 aliphatic carbocycles. The highest BCUT2D eigenvalue weighted by atomic mass is 35.5. The van der Waals surface area contributed by atoms with Gasteiger partial charge < -0.3 is 35.4 Å². The van der Waals surface area contributed by atoms with Crippen LogP contribution in [0.3, 0.4) is 0 Å². The minimum atomic E-state index is -3.69. The van der Waals surface area contributed by atoms with E-state index in [1.807, 2.05) is 24.3 Å². The van der Waals surface area contributed by atoms with Crippen molar-refractivity contribution in [3.8, 4) is 16.2 Å². The Morgan fingerprint density at radius 3 is 2.34 bits per heavy atom. The SMILES string of the molecule is Cn1c(=O)n(C2CCC(=O)NC2=O)c2ccc(N3CC4(CCN(C(=O)Nc5cccc(CS(=O)(=O)N6CCC(Nc7cccc(-c8sc(C(=O)O)c(OCC(=O)O)c8Cl)c7)CC6)c5)CC4)C3)cc21. The molecule has 3 aromatic carbocycles. The predicted molar refractivity (Wildman–Crippen MR) is 255 cm³/mol. The van der Waals surface area contributed by atoms with Crippen molar-refractivity contribution >= 4 is 90.8 Å². The molecule has 1 unspecified atom stereocenters. The molecule has 22 heteroatoms. The van der Waals surface area contributed by atoms with E-state index in [4.69, 9.17) is 21.4 Å². The van der Waals surface area contributed by atoms with Gasteiger partial charge in [-0.25, -0.2) is 31.9 Å². The molecule has 19 nitrogen and oxygen atoms in total. The largest absolute Gasteiger partial charge is 0.479 e. The van der Waals surface area contributed by atoms with E-state index >= 15 is 0 Å². The van der Waals surface area contributed by atoms with Gasteiger partial charge in [0.1, 0.15) is 11.1 Å². The summed E-state index contributed by atoms with van der Waals surface area (Å²) >= 11 is 7.37. The normalized spacial score (nSPS) is 18.9. The number of piperidine rings is 3. The van der Waals surface area contributed by atoms with Gasteiger partial charge in [0.15, 0.2) is 17.2 Å². The number of carbonyl (C=O) groups excluding carboxylic acids is 3.